The van der Waals surface area contributed by atoms with Gasteiger partial charge in [0.2, 0.25) is 0 Å². The molecule has 2 aromatic carbocycles. The highest BCUT2D eigenvalue weighted by Gasteiger charge is 2.08. The van der Waals surface area contributed by atoms with E-state index in [0.717, 1.165) is 0 Å². The highest BCUT2D eigenvalue weighted by atomic mass is 35.5. The molecule has 0 heterocycles. The third-order valence-corrected chi connectivity index (χ3v) is 2.85. The van der Waals surface area contributed by atoms with Crippen LogP contribution in [0.15, 0.2) is 36.4 Å². The minimum absolute atomic E-state index is 0.272. The smallest absolute Gasteiger partial charge is 0.148 e. The van der Waals surface area contributed by atoms with E-state index >= 15 is 0 Å². The highest BCUT2D eigenvalue weighted by Crippen LogP contribution is 2.33. The van der Waals surface area contributed by atoms with Gasteiger partial charge in [0.05, 0.1) is 21.4 Å². The minimum Gasteiger partial charge on any atom is -0.399 e. The summed E-state index contributed by atoms with van der Waals surface area (Å²) < 4.78 is 13.6. The number of anilines is 3. The monoisotopic (exact) mass is 270 g/mol. The lowest BCUT2D eigenvalue weighted by molar-refractivity contribution is 0.632. The largest absolute Gasteiger partial charge is 0.399 e. The van der Waals surface area contributed by atoms with Gasteiger partial charge in [-0.1, -0.05) is 29.3 Å². The number of halogens is 3. The van der Waals surface area contributed by atoms with Gasteiger partial charge in [0.25, 0.3) is 0 Å². The van der Waals surface area contributed by atoms with E-state index in [1.54, 1.807) is 24.3 Å². The van der Waals surface area contributed by atoms with Gasteiger partial charge in [-0.25, -0.2) is 4.39 Å². The predicted octanol–water partition coefficient (Wildman–Crippen LogP) is 4.46. The van der Waals surface area contributed by atoms with Crippen LogP contribution in [0.4, 0.5) is 21.5 Å². The van der Waals surface area contributed by atoms with Crippen LogP contribution >= 0.6 is 23.2 Å². The van der Waals surface area contributed by atoms with Crippen molar-refractivity contribution in [1.29, 1.82) is 0 Å². The zero-order chi connectivity index (χ0) is 12.4. The second-order valence-corrected chi connectivity index (χ2v) is 4.28. The standard InChI is InChI=1S/C12H9Cl2FN2/c13-8-2-1-3-9(14)12(8)17-11-5-4-7(16)6-10(11)15/h1-6,17H,16H2. The molecule has 0 radical (unpaired) electrons. The second-order valence-electron chi connectivity index (χ2n) is 3.46. The van der Waals surface area contributed by atoms with Gasteiger partial charge in [-0.15, -0.1) is 0 Å². The fraction of sp³-hybridized carbons (Fsp3) is 0. The molecule has 0 aliphatic heterocycles. The van der Waals surface area contributed by atoms with Gasteiger partial charge in [-0.3, -0.25) is 0 Å². The molecule has 2 aromatic rings. The van der Waals surface area contributed by atoms with Gasteiger partial charge in [0.1, 0.15) is 5.82 Å². The summed E-state index contributed by atoms with van der Waals surface area (Å²) in [4.78, 5) is 0. The quantitative estimate of drug-likeness (QED) is 0.791. The molecule has 0 saturated carbocycles. The maximum Gasteiger partial charge on any atom is 0.148 e. The van der Waals surface area contributed by atoms with Crippen LogP contribution in [0.5, 0.6) is 0 Å². The molecule has 88 valence electrons. The number of hydrogen-bond acceptors (Lipinski definition) is 2. The molecule has 0 aliphatic rings. The van der Waals surface area contributed by atoms with Crippen molar-refractivity contribution in [2.24, 2.45) is 0 Å². The Kier molecular flexibility index (Phi) is 3.41. The Bertz CT molecular complexity index is 538. The lowest BCUT2D eigenvalue weighted by Gasteiger charge is -2.11. The summed E-state index contributed by atoms with van der Waals surface area (Å²) in [5, 5.41) is 3.69. The van der Waals surface area contributed by atoms with Crippen LogP contribution in [-0.2, 0) is 0 Å². The third-order valence-electron chi connectivity index (χ3n) is 2.22. The van der Waals surface area contributed by atoms with Crippen LogP contribution in [0, 0.1) is 5.82 Å². The van der Waals surface area contributed by atoms with E-state index in [0.29, 0.717) is 21.4 Å². The van der Waals surface area contributed by atoms with Crippen molar-refractivity contribution in [3.63, 3.8) is 0 Å². The summed E-state index contributed by atoms with van der Waals surface area (Å²) in [5.41, 5.74) is 6.56. The molecule has 0 saturated heterocycles. The minimum atomic E-state index is -0.457. The topological polar surface area (TPSA) is 38.0 Å². The van der Waals surface area contributed by atoms with Crippen LogP contribution < -0.4 is 11.1 Å². The number of rotatable bonds is 2. The highest BCUT2D eigenvalue weighted by molar-refractivity contribution is 6.39. The molecule has 5 heteroatoms. The van der Waals surface area contributed by atoms with Crippen LogP contribution in [0.25, 0.3) is 0 Å². The zero-order valence-corrected chi connectivity index (χ0v) is 10.2. The zero-order valence-electron chi connectivity index (χ0n) is 8.68. The van der Waals surface area contributed by atoms with E-state index < -0.39 is 5.82 Å². The van der Waals surface area contributed by atoms with E-state index in [1.807, 2.05) is 0 Å². The van der Waals surface area contributed by atoms with Crippen molar-refractivity contribution in [3.8, 4) is 0 Å². The van der Waals surface area contributed by atoms with Crippen molar-refractivity contribution in [1.82, 2.24) is 0 Å². The Balaban J connectivity index is 2.38. The third kappa shape index (κ3) is 2.62. The molecule has 0 fully saturated rings. The molecule has 0 aromatic heterocycles. The lowest BCUT2D eigenvalue weighted by atomic mass is 10.2. The first kappa shape index (κ1) is 12.0. The fourth-order valence-corrected chi connectivity index (χ4v) is 1.88. The number of nitrogens with one attached hydrogen (secondary N) is 1. The molecule has 2 nitrogen and oxygen atoms in total. The van der Waals surface area contributed by atoms with Crippen LogP contribution in [0.3, 0.4) is 0 Å². The summed E-state index contributed by atoms with van der Waals surface area (Å²) in [5.74, 6) is -0.457. The van der Waals surface area contributed by atoms with Crippen molar-refractivity contribution >= 4 is 40.3 Å². The summed E-state index contributed by atoms with van der Waals surface area (Å²) in [6, 6.07) is 9.42. The fourth-order valence-electron chi connectivity index (χ4n) is 1.38. The number of nitrogen functional groups attached to an aromatic ring is 1. The van der Waals surface area contributed by atoms with Gasteiger partial charge in [0, 0.05) is 5.69 Å². The molecule has 0 aliphatic carbocycles. The number of nitrogens with two attached hydrogens (primary N) is 1. The molecule has 0 spiro atoms. The molecule has 0 atom stereocenters. The second kappa shape index (κ2) is 4.82. The van der Waals surface area contributed by atoms with Gasteiger partial charge in [-0.05, 0) is 30.3 Å². The summed E-state index contributed by atoms with van der Waals surface area (Å²) in [7, 11) is 0. The molecule has 0 amide bonds. The lowest BCUT2D eigenvalue weighted by Crippen LogP contribution is -1.96. The van der Waals surface area contributed by atoms with Crippen molar-refractivity contribution < 1.29 is 4.39 Å². The van der Waals surface area contributed by atoms with Gasteiger partial charge in [-0.2, -0.15) is 0 Å². The van der Waals surface area contributed by atoms with E-state index in [4.69, 9.17) is 28.9 Å². The predicted molar refractivity (Wildman–Crippen MR) is 70.6 cm³/mol. The molecule has 17 heavy (non-hydrogen) atoms. The summed E-state index contributed by atoms with van der Waals surface area (Å²) >= 11 is 11.9. The Morgan fingerprint density at radius 2 is 1.71 bits per heavy atom. The number of benzene rings is 2. The van der Waals surface area contributed by atoms with Crippen molar-refractivity contribution in [2.45, 2.75) is 0 Å². The van der Waals surface area contributed by atoms with Crippen LogP contribution in [-0.4, -0.2) is 0 Å². The van der Waals surface area contributed by atoms with Crippen LogP contribution in [0.1, 0.15) is 0 Å². The molecular weight excluding hydrogens is 262 g/mol. The summed E-state index contributed by atoms with van der Waals surface area (Å²) in [6.07, 6.45) is 0. The molecule has 0 unspecified atom stereocenters. The Hall–Kier alpha value is -1.45. The molecule has 2 rings (SSSR count). The van der Waals surface area contributed by atoms with Crippen molar-refractivity contribution in [3.05, 3.63) is 52.3 Å². The van der Waals surface area contributed by atoms with Crippen LogP contribution in [0.2, 0.25) is 10.0 Å². The Morgan fingerprint density at radius 1 is 1.06 bits per heavy atom. The summed E-state index contributed by atoms with van der Waals surface area (Å²) in [6.45, 7) is 0. The van der Waals surface area contributed by atoms with Crippen molar-refractivity contribution in [2.75, 3.05) is 11.1 Å². The van der Waals surface area contributed by atoms with Gasteiger partial charge < -0.3 is 11.1 Å². The average Bonchev–Trinajstić information content (AvgIpc) is 2.26. The number of para-hydroxylation sites is 1. The van der Waals surface area contributed by atoms with Gasteiger partial charge >= 0.3 is 0 Å². The van der Waals surface area contributed by atoms with E-state index in [2.05, 4.69) is 5.32 Å². The molecule has 0 bridgehead atoms. The first-order valence-electron chi connectivity index (χ1n) is 4.84. The maximum absolute atomic E-state index is 13.6. The molecular formula is C12H9Cl2FN2. The molecule has 3 N–H and O–H groups in total. The average molecular weight is 271 g/mol. The Morgan fingerprint density at radius 3 is 2.29 bits per heavy atom. The van der Waals surface area contributed by atoms with Gasteiger partial charge in [0.15, 0.2) is 0 Å². The normalized spacial score (nSPS) is 10.3. The maximum atomic E-state index is 13.6. The first-order valence-corrected chi connectivity index (χ1v) is 5.59. The Labute approximate surface area is 108 Å². The number of hydrogen-bond donors (Lipinski definition) is 2. The van der Waals surface area contributed by atoms with E-state index in [-0.39, 0.29) is 5.69 Å². The van der Waals surface area contributed by atoms with E-state index in [9.17, 15) is 4.39 Å². The first-order chi connectivity index (χ1) is 8.08. The van der Waals surface area contributed by atoms with E-state index in [1.165, 1.54) is 12.1 Å². The SMILES string of the molecule is Nc1ccc(Nc2c(Cl)cccc2Cl)c(F)c1.